The fraction of sp³-hybridized carbons (Fsp3) is 0.333. The maximum Gasteiger partial charge on any atom is 0.414 e. The number of rotatable bonds is 5. The molecule has 0 spiro atoms. The van der Waals surface area contributed by atoms with E-state index < -0.39 is 18.0 Å². The second-order valence-corrected chi connectivity index (χ2v) is 6.50. The Kier molecular flexibility index (Phi) is 7.99. The number of methoxy groups -OCH3 is 2. The molecule has 2 aromatic rings. The smallest absolute Gasteiger partial charge is 0.414 e. The SMILES string of the molecule is COc1cc2c(cc1OC)CN(CC(O)c1ccccc1)CC2.O=C(O)C(=O)O. The molecule has 3 N–H and O–H groups in total. The van der Waals surface area contributed by atoms with Crippen molar-refractivity contribution in [2.24, 2.45) is 0 Å². The topological polar surface area (TPSA) is 117 Å². The van der Waals surface area contributed by atoms with Crippen molar-refractivity contribution in [3.63, 3.8) is 0 Å². The summed E-state index contributed by atoms with van der Waals surface area (Å²) < 4.78 is 10.8. The highest BCUT2D eigenvalue weighted by atomic mass is 16.5. The van der Waals surface area contributed by atoms with Crippen LogP contribution in [0.4, 0.5) is 0 Å². The highest BCUT2D eigenvalue weighted by molar-refractivity contribution is 6.27. The summed E-state index contributed by atoms with van der Waals surface area (Å²) >= 11 is 0. The first-order valence-corrected chi connectivity index (χ1v) is 9.01. The summed E-state index contributed by atoms with van der Waals surface area (Å²) in [5.74, 6) is -2.11. The van der Waals surface area contributed by atoms with Crippen molar-refractivity contribution in [2.45, 2.75) is 19.1 Å². The monoisotopic (exact) mass is 403 g/mol. The van der Waals surface area contributed by atoms with Crippen LogP contribution in [-0.2, 0) is 22.6 Å². The predicted molar refractivity (Wildman–Crippen MR) is 105 cm³/mol. The third-order valence-electron chi connectivity index (χ3n) is 4.60. The number of carboxylic acid groups (broad SMARTS) is 2. The van der Waals surface area contributed by atoms with Crippen molar-refractivity contribution >= 4 is 11.9 Å². The Morgan fingerprint density at radius 1 is 1.00 bits per heavy atom. The van der Waals surface area contributed by atoms with E-state index in [1.54, 1.807) is 14.2 Å². The minimum absolute atomic E-state index is 0.460. The molecule has 0 aromatic heterocycles. The molecule has 0 fully saturated rings. The summed E-state index contributed by atoms with van der Waals surface area (Å²) in [5.41, 5.74) is 3.51. The number of aliphatic carboxylic acids is 2. The summed E-state index contributed by atoms with van der Waals surface area (Å²) in [6, 6.07) is 13.9. The highest BCUT2D eigenvalue weighted by Gasteiger charge is 2.21. The van der Waals surface area contributed by atoms with Crippen LogP contribution < -0.4 is 9.47 Å². The van der Waals surface area contributed by atoms with E-state index in [1.807, 2.05) is 30.3 Å². The molecule has 2 aromatic carbocycles. The average Bonchev–Trinajstić information content (AvgIpc) is 2.73. The molecule has 156 valence electrons. The molecule has 0 bridgehead atoms. The Morgan fingerprint density at radius 2 is 1.55 bits per heavy atom. The van der Waals surface area contributed by atoms with Gasteiger partial charge in [-0.05, 0) is 35.2 Å². The van der Waals surface area contributed by atoms with E-state index in [1.165, 1.54) is 11.1 Å². The number of aliphatic hydroxyl groups is 1. The largest absolute Gasteiger partial charge is 0.493 e. The normalized spacial score (nSPS) is 14.0. The van der Waals surface area contributed by atoms with Crippen LogP contribution in [0.5, 0.6) is 11.5 Å². The molecule has 1 unspecified atom stereocenters. The van der Waals surface area contributed by atoms with Gasteiger partial charge in [0.2, 0.25) is 0 Å². The van der Waals surface area contributed by atoms with E-state index in [0.717, 1.165) is 36.6 Å². The van der Waals surface area contributed by atoms with Crippen molar-refractivity contribution in [2.75, 3.05) is 27.3 Å². The zero-order chi connectivity index (χ0) is 21.4. The molecule has 3 rings (SSSR count). The molecule has 0 aliphatic carbocycles. The van der Waals surface area contributed by atoms with Crippen LogP contribution in [0.1, 0.15) is 22.8 Å². The first kappa shape index (κ1) is 22.2. The second kappa shape index (κ2) is 10.4. The number of hydrogen-bond acceptors (Lipinski definition) is 6. The lowest BCUT2D eigenvalue weighted by Crippen LogP contribution is -2.34. The fourth-order valence-electron chi connectivity index (χ4n) is 3.12. The number of carbonyl (C=O) groups is 2. The van der Waals surface area contributed by atoms with Gasteiger partial charge in [0.15, 0.2) is 11.5 Å². The van der Waals surface area contributed by atoms with Crippen molar-refractivity contribution in [1.29, 1.82) is 0 Å². The molecule has 0 saturated heterocycles. The number of fused-ring (bicyclic) bond motifs is 1. The molecular weight excluding hydrogens is 378 g/mol. The highest BCUT2D eigenvalue weighted by Crippen LogP contribution is 2.33. The van der Waals surface area contributed by atoms with Gasteiger partial charge in [0.25, 0.3) is 0 Å². The van der Waals surface area contributed by atoms with Gasteiger partial charge in [0.1, 0.15) is 0 Å². The minimum Gasteiger partial charge on any atom is -0.493 e. The van der Waals surface area contributed by atoms with E-state index >= 15 is 0 Å². The van der Waals surface area contributed by atoms with Gasteiger partial charge in [0.05, 0.1) is 20.3 Å². The van der Waals surface area contributed by atoms with Crippen molar-refractivity contribution in [3.8, 4) is 11.5 Å². The van der Waals surface area contributed by atoms with Gasteiger partial charge in [-0.3, -0.25) is 4.90 Å². The Labute approximate surface area is 168 Å². The number of ether oxygens (including phenoxy) is 2. The van der Waals surface area contributed by atoms with E-state index in [4.69, 9.17) is 29.3 Å². The molecule has 0 radical (unpaired) electrons. The maximum absolute atomic E-state index is 10.4. The van der Waals surface area contributed by atoms with Crippen molar-refractivity contribution < 1.29 is 34.4 Å². The lowest BCUT2D eigenvalue weighted by Gasteiger charge is -2.31. The van der Waals surface area contributed by atoms with E-state index in [9.17, 15) is 5.11 Å². The first-order chi connectivity index (χ1) is 13.8. The summed E-state index contributed by atoms with van der Waals surface area (Å²) in [5, 5.41) is 25.2. The summed E-state index contributed by atoms with van der Waals surface area (Å²) in [4.78, 5) is 20.5. The van der Waals surface area contributed by atoms with Gasteiger partial charge >= 0.3 is 11.9 Å². The molecule has 1 heterocycles. The third-order valence-corrected chi connectivity index (χ3v) is 4.60. The zero-order valence-corrected chi connectivity index (χ0v) is 16.4. The lowest BCUT2D eigenvalue weighted by molar-refractivity contribution is -0.159. The fourth-order valence-corrected chi connectivity index (χ4v) is 3.12. The van der Waals surface area contributed by atoms with E-state index in [-0.39, 0.29) is 0 Å². The quantitative estimate of drug-likeness (QED) is 0.649. The van der Waals surface area contributed by atoms with Gasteiger partial charge < -0.3 is 24.8 Å². The number of nitrogens with zero attached hydrogens (tertiary/aromatic N) is 1. The molecule has 0 saturated carbocycles. The number of hydrogen-bond donors (Lipinski definition) is 3. The summed E-state index contributed by atoms with van der Waals surface area (Å²) in [6.07, 6.45) is 0.495. The van der Waals surface area contributed by atoms with Crippen LogP contribution in [0.2, 0.25) is 0 Å². The number of aliphatic hydroxyl groups excluding tert-OH is 1. The molecule has 29 heavy (non-hydrogen) atoms. The van der Waals surface area contributed by atoms with Crippen LogP contribution in [0, 0.1) is 0 Å². The Hall–Kier alpha value is -3.10. The van der Waals surface area contributed by atoms with Gasteiger partial charge in [0, 0.05) is 19.6 Å². The van der Waals surface area contributed by atoms with Crippen LogP contribution in [0.3, 0.4) is 0 Å². The van der Waals surface area contributed by atoms with Gasteiger partial charge in [-0.15, -0.1) is 0 Å². The molecule has 0 amide bonds. The van der Waals surface area contributed by atoms with Crippen molar-refractivity contribution in [1.82, 2.24) is 4.90 Å². The van der Waals surface area contributed by atoms with Crippen LogP contribution in [0.15, 0.2) is 42.5 Å². The minimum atomic E-state index is -1.82. The van der Waals surface area contributed by atoms with Crippen molar-refractivity contribution in [3.05, 3.63) is 59.2 Å². The van der Waals surface area contributed by atoms with Gasteiger partial charge in [-0.1, -0.05) is 30.3 Å². The predicted octanol–water partition coefficient (Wildman–Crippen LogP) is 1.95. The number of carboxylic acids is 2. The second-order valence-electron chi connectivity index (χ2n) is 6.50. The van der Waals surface area contributed by atoms with Crippen LogP contribution in [-0.4, -0.2) is 59.5 Å². The van der Waals surface area contributed by atoms with E-state index in [2.05, 4.69) is 17.0 Å². The third kappa shape index (κ3) is 6.20. The number of benzene rings is 2. The molecule has 1 aliphatic heterocycles. The Morgan fingerprint density at radius 3 is 2.07 bits per heavy atom. The Balaban J connectivity index is 0.000000438. The Bertz CT molecular complexity index is 826. The van der Waals surface area contributed by atoms with Crippen LogP contribution in [0.25, 0.3) is 0 Å². The molecule has 8 nitrogen and oxygen atoms in total. The molecule has 1 aliphatic rings. The maximum atomic E-state index is 10.4. The van der Waals surface area contributed by atoms with Crippen LogP contribution >= 0.6 is 0 Å². The van der Waals surface area contributed by atoms with E-state index in [0.29, 0.717) is 6.54 Å². The molecular formula is C21H25NO7. The van der Waals surface area contributed by atoms with Gasteiger partial charge in [-0.2, -0.15) is 0 Å². The molecule has 8 heteroatoms. The zero-order valence-electron chi connectivity index (χ0n) is 16.4. The lowest BCUT2D eigenvalue weighted by atomic mass is 9.98. The summed E-state index contributed by atoms with van der Waals surface area (Å²) in [6.45, 7) is 2.39. The molecule has 1 atom stereocenters. The van der Waals surface area contributed by atoms with Gasteiger partial charge in [-0.25, -0.2) is 9.59 Å². The number of β-amino-alcohol motifs (C(OH)–C–C–N with tert-alkyl or cyclic N) is 1. The average molecular weight is 403 g/mol. The summed E-state index contributed by atoms with van der Waals surface area (Å²) in [7, 11) is 3.32. The first-order valence-electron chi connectivity index (χ1n) is 9.01. The standard InChI is InChI=1S/C19H23NO3.C2H2O4/c1-22-18-10-15-8-9-20(12-16(15)11-19(18)23-2)13-17(21)14-6-4-3-5-7-14;3-1(4)2(5)6/h3-7,10-11,17,21H,8-9,12-13H2,1-2H3;(H,3,4)(H,5,6).